The van der Waals surface area contributed by atoms with Gasteiger partial charge in [-0.2, -0.15) is 4.57 Å². The molecule has 0 saturated carbocycles. The molecule has 22 heavy (non-hydrogen) atoms. The lowest BCUT2D eigenvalue weighted by Gasteiger charge is -2.19. The van der Waals surface area contributed by atoms with Gasteiger partial charge in [0.05, 0.1) is 0 Å². The third-order valence-corrected chi connectivity index (χ3v) is 4.48. The first-order valence-electron chi connectivity index (χ1n) is 7.21. The summed E-state index contributed by atoms with van der Waals surface area (Å²) in [4.78, 5) is 0. The van der Waals surface area contributed by atoms with Gasteiger partial charge in [-0.25, -0.2) is 0 Å². The van der Waals surface area contributed by atoms with Crippen molar-refractivity contribution in [3.8, 4) is 11.5 Å². The number of rotatable bonds is 6. The van der Waals surface area contributed by atoms with Gasteiger partial charge in [-0.1, -0.05) is 36.4 Å². The molecular formula is C17H17O4P. The smallest absolute Gasteiger partial charge is 0.391 e. The SMILES string of the molecule is O=P(OC1=CCCC1)(Oc1ccccc1)Oc1ccccc1. The molecule has 2 aromatic rings. The topological polar surface area (TPSA) is 44.8 Å². The molecule has 0 heterocycles. The van der Waals surface area contributed by atoms with Gasteiger partial charge in [0.2, 0.25) is 0 Å². The van der Waals surface area contributed by atoms with E-state index in [4.69, 9.17) is 13.6 Å². The van der Waals surface area contributed by atoms with Crippen LogP contribution in [-0.4, -0.2) is 0 Å². The zero-order valence-electron chi connectivity index (χ0n) is 12.1. The molecule has 114 valence electrons. The molecule has 3 rings (SSSR count). The summed E-state index contributed by atoms with van der Waals surface area (Å²) in [6.45, 7) is 0. The Morgan fingerprint density at radius 1 is 0.773 bits per heavy atom. The van der Waals surface area contributed by atoms with Crippen LogP contribution in [0.5, 0.6) is 11.5 Å². The predicted octanol–water partition coefficient (Wildman–Crippen LogP) is 5.34. The summed E-state index contributed by atoms with van der Waals surface area (Å²) >= 11 is 0. The fraction of sp³-hybridized carbons (Fsp3) is 0.176. The number of benzene rings is 2. The Labute approximate surface area is 130 Å². The van der Waals surface area contributed by atoms with Gasteiger partial charge in [0, 0.05) is 6.42 Å². The lowest BCUT2D eigenvalue weighted by Crippen LogP contribution is -2.04. The van der Waals surface area contributed by atoms with E-state index < -0.39 is 7.82 Å². The minimum Gasteiger partial charge on any atom is -0.391 e. The quantitative estimate of drug-likeness (QED) is 0.675. The Hall–Kier alpha value is -2.19. The molecule has 4 nitrogen and oxygen atoms in total. The Morgan fingerprint density at radius 2 is 1.32 bits per heavy atom. The first kappa shape index (κ1) is 14.7. The molecule has 1 aliphatic rings. The minimum atomic E-state index is -3.78. The van der Waals surface area contributed by atoms with E-state index >= 15 is 0 Å². The largest absolute Gasteiger partial charge is 0.646 e. The first-order valence-corrected chi connectivity index (χ1v) is 8.68. The van der Waals surface area contributed by atoms with Crippen LogP contribution in [0.15, 0.2) is 72.5 Å². The van der Waals surface area contributed by atoms with E-state index in [1.807, 2.05) is 18.2 Å². The zero-order chi connectivity index (χ0) is 15.3. The maximum absolute atomic E-state index is 13.0. The van der Waals surface area contributed by atoms with Crippen LogP contribution in [0.3, 0.4) is 0 Å². The second-order valence-electron chi connectivity index (χ2n) is 4.91. The van der Waals surface area contributed by atoms with Crippen molar-refractivity contribution in [3.05, 3.63) is 72.5 Å². The fourth-order valence-corrected chi connectivity index (χ4v) is 3.47. The highest BCUT2D eigenvalue weighted by Crippen LogP contribution is 2.52. The molecule has 0 aliphatic heterocycles. The Morgan fingerprint density at radius 3 is 1.77 bits per heavy atom. The molecule has 0 unspecified atom stereocenters. The molecule has 0 aromatic heterocycles. The van der Waals surface area contributed by atoms with Crippen LogP contribution >= 0.6 is 7.82 Å². The standard InChI is InChI=1S/C17H17O4P/c18-22(21-17-13-7-8-14-17,19-15-9-3-1-4-10-15)20-16-11-5-2-6-12-16/h1-6,9-13H,7-8,14H2. The number of phosphoric ester groups is 1. The van der Waals surface area contributed by atoms with Gasteiger partial charge in [0.1, 0.15) is 17.3 Å². The molecule has 5 heteroatoms. The van der Waals surface area contributed by atoms with E-state index in [-0.39, 0.29) is 0 Å². The maximum Gasteiger partial charge on any atom is 0.646 e. The third kappa shape index (κ3) is 3.92. The van der Waals surface area contributed by atoms with Crippen LogP contribution in [0, 0.1) is 0 Å². The monoisotopic (exact) mass is 316 g/mol. The molecule has 0 bridgehead atoms. The third-order valence-electron chi connectivity index (χ3n) is 3.15. The molecule has 0 atom stereocenters. The van der Waals surface area contributed by atoms with Crippen LogP contribution in [0.25, 0.3) is 0 Å². The summed E-state index contributed by atoms with van der Waals surface area (Å²) < 4.78 is 29.7. The van der Waals surface area contributed by atoms with Crippen LogP contribution in [0.2, 0.25) is 0 Å². The highest BCUT2D eigenvalue weighted by molar-refractivity contribution is 7.49. The Bertz CT molecular complexity index is 637. The van der Waals surface area contributed by atoms with Crippen LogP contribution in [-0.2, 0) is 9.09 Å². The van der Waals surface area contributed by atoms with Crippen molar-refractivity contribution in [1.29, 1.82) is 0 Å². The molecular weight excluding hydrogens is 299 g/mol. The number of allylic oxidation sites excluding steroid dienone is 2. The van der Waals surface area contributed by atoms with E-state index in [1.165, 1.54) is 0 Å². The van der Waals surface area contributed by atoms with Crippen LogP contribution < -0.4 is 9.05 Å². The number of hydrogen-bond acceptors (Lipinski definition) is 4. The van der Waals surface area contributed by atoms with E-state index in [0.717, 1.165) is 19.3 Å². The van der Waals surface area contributed by atoms with Gasteiger partial charge in [-0.05, 0) is 43.2 Å². The van der Waals surface area contributed by atoms with Gasteiger partial charge in [-0.15, -0.1) is 0 Å². The summed E-state index contributed by atoms with van der Waals surface area (Å²) in [6.07, 6.45) is 4.59. The Kier molecular flexibility index (Phi) is 4.50. The maximum atomic E-state index is 13.0. The summed E-state index contributed by atoms with van der Waals surface area (Å²) in [7, 11) is -3.78. The predicted molar refractivity (Wildman–Crippen MR) is 84.8 cm³/mol. The second-order valence-corrected chi connectivity index (χ2v) is 6.35. The average Bonchev–Trinajstić information content (AvgIpc) is 3.01. The average molecular weight is 316 g/mol. The molecule has 0 N–H and O–H groups in total. The lowest BCUT2D eigenvalue weighted by atomic mass is 10.3. The van der Waals surface area contributed by atoms with Gasteiger partial charge < -0.3 is 13.6 Å². The van der Waals surface area contributed by atoms with Crippen molar-refractivity contribution >= 4 is 7.82 Å². The zero-order valence-corrected chi connectivity index (χ0v) is 12.9. The van der Waals surface area contributed by atoms with Crippen molar-refractivity contribution in [2.24, 2.45) is 0 Å². The summed E-state index contributed by atoms with van der Waals surface area (Å²) in [5.74, 6) is 1.55. The lowest BCUT2D eigenvalue weighted by molar-refractivity contribution is 0.253. The highest BCUT2D eigenvalue weighted by Gasteiger charge is 2.34. The van der Waals surface area contributed by atoms with Gasteiger partial charge in [0.15, 0.2) is 0 Å². The van der Waals surface area contributed by atoms with Gasteiger partial charge in [0.25, 0.3) is 0 Å². The van der Waals surface area contributed by atoms with Crippen molar-refractivity contribution in [1.82, 2.24) is 0 Å². The summed E-state index contributed by atoms with van der Waals surface area (Å²) in [6, 6.07) is 17.8. The van der Waals surface area contributed by atoms with Crippen molar-refractivity contribution in [2.75, 3.05) is 0 Å². The number of hydrogen-bond donors (Lipinski definition) is 0. The Balaban J connectivity index is 1.82. The van der Waals surface area contributed by atoms with E-state index in [2.05, 4.69) is 0 Å². The summed E-state index contributed by atoms with van der Waals surface area (Å²) in [5, 5.41) is 0. The number of para-hydroxylation sites is 2. The molecule has 0 spiro atoms. The summed E-state index contributed by atoms with van der Waals surface area (Å²) in [5.41, 5.74) is 0. The second kappa shape index (κ2) is 6.71. The first-order chi connectivity index (χ1) is 10.7. The van der Waals surface area contributed by atoms with E-state index in [9.17, 15) is 4.57 Å². The van der Waals surface area contributed by atoms with Crippen LogP contribution in [0.1, 0.15) is 19.3 Å². The van der Waals surface area contributed by atoms with Crippen molar-refractivity contribution in [3.63, 3.8) is 0 Å². The molecule has 0 fully saturated rings. The molecule has 2 aromatic carbocycles. The molecule has 0 amide bonds. The van der Waals surface area contributed by atoms with Gasteiger partial charge in [-0.3, -0.25) is 0 Å². The normalized spacial score (nSPS) is 14.3. The van der Waals surface area contributed by atoms with Crippen molar-refractivity contribution in [2.45, 2.75) is 19.3 Å². The molecule has 1 aliphatic carbocycles. The highest BCUT2D eigenvalue weighted by atomic mass is 31.2. The van der Waals surface area contributed by atoms with Crippen LogP contribution in [0.4, 0.5) is 0 Å². The number of phosphoric acid groups is 1. The molecule has 0 radical (unpaired) electrons. The minimum absolute atomic E-state index is 0.445. The molecule has 0 saturated heterocycles. The fourth-order valence-electron chi connectivity index (χ4n) is 2.14. The van der Waals surface area contributed by atoms with E-state index in [0.29, 0.717) is 17.3 Å². The van der Waals surface area contributed by atoms with E-state index in [1.54, 1.807) is 48.5 Å². The van der Waals surface area contributed by atoms with Gasteiger partial charge >= 0.3 is 7.82 Å². The van der Waals surface area contributed by atoms with Crippen molar-refractivity contribution < 1.29 is 18.1 Å².